The van der Waals surface area contributed by atoms with Crippen LogP contribution in [0.15, 0.2) is 36.4 Å². The topological polar surface area (TPSA) is 52.9 Å². The summed E-state index contributed by atoms with van der Waals surface area (Å²) < 4.78 is 0. The minimum absolute atomic E-state index is 0.0221. The van der Waals surface area contributed by atoms with E-state index in [0.29, 0.717) is 5.56 Å². The number of amides is 1. The second-order valence-electron chi connectivity index (χ2n) is 4.95. The van der Waals surface area contributed by atoms with Gasteiger partial charge in [-0.15, -0.1) is 0 Å². The number of hydrogen-bond donors (Lipinski definition) is 1. The Morgan fingerprint density at radius 1 is 1.37 bits per heavy atom. The second-order valence-corrected chi connectivity index (χ2v) is 4.95. The molecule has 19 heavy (non-hydrogen) atoms. The molecule has 2 atom stereocenters. The van der Waals surface area contributed by atoms with Gasteiger partial charge >= 0.3 is 0 Å². The van der Waals surface area contributed by atoms with Crippen molar-refractivity contribution in [3.8, 4) is 6.07 Å². The van der Waals surface area contributed by atoms with Crippen molar-refractivity contribution in [3.05, 3.63) is 47.5 Å². The second kappa shape index (κ2) is 6.19. The molecule has 0 saturated heterocycles. The highest BCUT2D eigenvalue weighted by Gasteiger charge is 2.20. The molecule has 1 aromatic rings. The lowest BCUT2D eigenvalue weighted by atomic mass is 9.93. The molecule has 0 aromatic heterocycles. The SMILES string of the molecule is CC(NC(=O)C1CC=CCC1)c1ccc(C#N)cc1. The van der Waals surface area contributed by atoms with Crippen LogP contribution >= 0.6 is 0 Å². The molecule has 0 fully saturated rings. The number of nitriles is 1. The maximum Gasteiger partial charge on any atom is 0.223 e. The first-order chi connectivity index (χ1) is 9.20. The quantitative estimate of drug-likeness (QED) is 0.843. The van der Waals surface area contributed by atoms with Gasteiger partial charge in [0.15, 0.2) is 0 Å². The van der Waals surface area contributed by atoms with Gasteiger partial charge in [0, 0.05) is 5.92 Å². The molecule has 3 nitrogen and oxygen atoms in total. The Balaban J connectivity index is 1.96. The summed E-state index contributed by atoms with van der Waals surface area (Å²) in [6.07, 6.45) is 6.98. The molecule has 0 bridgehead atoms. The third kappa shape index (κ3) is 3.45. The van der Waals surface area contributed by atoms with E-state index in [1.807, 2.05) is 19.1 Å². The first-order valence-electron chi connectivity index (χ1n) is 6.66. The summed E-state index contributed by atoms with van der Waals surface area (Å²) in [5.41, 5.74) is 1.67. The zero-order valence-corrected chi connectivity index (χ0v) is 11.1. The first kappa shape index (κ1) is 13.4. The van der Waals surface area contributed by atoms with Crippen LogP contribution in [0.5, 0.6) is 0 Å². The molecule has 0 radical (unpaired) electrons. The van der Waals surface area contributed by atoms with Gasteiger partial charge in [0.1, 0.15) is 0 Å². The van der Waals surface area contributed by atoms with Gasteiger partial charge in [-0.2, -0.15) is 5.26 Å². The normalized spacial score (nSPS) is 19.5. The molecule has 1 aromatic carbocycles. The third-order valence-corrected chi connectivity index (χ3v) is 3.54. The van der Waals surface area contributed by atoms with Crippen LogP contribution in [0.2, 0.25) is 0 Å². The molecule has 98 valence electrons. The van der Waals surface area contributed by atoms with Crippen LogP contribution < -0.4 is 5.32 Å². The number of carbonyl (C=O) groups excluding carboxylic acids is 1. The lowest BCUT2D eigenvalue weighted by molar-refractivity contribution is -0.125. The number of nitrogens with zero attached hydrogens (tertiary/aromatic N) is 1. The molecule has 0 spiro atoms. The van der Waals surface area contributed by atoms with Gasteiger partial charge in [-0.3, -0.25) is 4.79 Å². The molecule has 1 aliphatic rings. The Labute approximate surface area is 113 Å². The molecule has 1 amide bonds. The van der Waals surface area contributed by atoms with E-state index in [4.69, 9.17) is 5.26 Å². The van der Waals surface area contributed by atoms with Crippen LogP contribution in [0, 0.1) is 17.2 Å². The minimum Gasteiger partial charge on any atom is -0.349 e. The van der Waals surface area contributed by atoms with Crippen LogP contribution in [-0.2, 0) is 4.79 Å². The third-order valence-electron chi connectivity index (χ3n) is 3.54. The smallest absolute Gasteiger partial charge is 0.223 e. The average molecular weight is 254 g/mol. The fourth-order valence-corrected chi connectivity index (χ4v) is 2.29. The maximum absolute atomic E-state index is 12.1. The van der Waals surface area contributed by atoms with E-state index in [1.54, 1.807) is 12.1 Å². The molecule has 1 N–H and O–H groups in total. The van der Waals surface area contributed by atoms with E-state index >= 15 is 0 Å². The van der Waals surface area contributed by atoms with Crippen molar-refractivity contribution in [1.82, 2.24) is 5.32 Å². The number of benzene rings is 1. The van der Waals surface area contributed by atoms with Crippen LogP contribution in [0.25, 0.3) is 0 Å². The van der Waals surface area contributed by atoms with Crippen LogP contribution in [0.1, 0.15) is 43.4 Å². The highest BCUT2D eigenvalue weighted by molar-refractivity contribution is 5.79. The molecule has 1 aliphatic carbocycles. The van der Waals surface area contributed by atoms with Gasteiger partial charge in [0.05, 0.1) is 17.7 Å². The highest BCUT2D eigenvalue weighted by atomic mass is 16.1. The fraction of sp³-hybridized carbons (Fsp3) is 0.375. The van der Waals surface area contributed by atoms with Gasteiger partial charge in [-0.1, -0.05) is 24.3 Å². The molecular weight excluding hydrogens is 236 g/mol. The molecule has 2 rings (SSSR count). The highest BCUT2D eigenvalue weighted by Crippen LogP contribution is 2.20. The van der Waals surface area contributed by atoms with Gasteiger partial charge in [0.2, 0.25) is 5.91 Å². The Hall–Kier alpha value is -2.08. The predicted molar refractivity (Wildman–Crippen MR) is 74.2 cm³/mol. The standard InChI is InChI=1S/C16H18N2O/c1-12(14-9-7-13(11-17)8-10-14)18-16(19)15-5-3-2-4-6-15/h2-3,7-10,12,15H,4-6H2,1H3,(H,18,19). The molecule has 2 unspecified atom stereocenters. The lowest BCUT2D eigenvalue weighted by Crippen LogP contribution is -2.33. The van der Waals surface area contributed by atoms with Crippen molar-refractivity contribution in [1.29, 1.82) is 5.26 Å². The first-order valence-corrected chi connectivity index (χ1v) is 6.66. The van der Waals surface area contributed by atoms with Crippen molar-refractivity contribution in [2.24, 2.45) is 5.92 Å². The van der Waals surface area contributed by atoms with Crippen molar-refractivity contribution < 1.29 is 4.79 Å². The van der Waals surface area contributed by atoms with E-state index in [0.717, 1.165) is 24.8 Å². The largest absolute Gasteiger partial charge is 0.349 e. The Bertz CT molecular complexity index is 511. The summed E-state index contributed by atoms with van der Waals surface area (Å²) in [6.45, 7) is 1.97. The molecule has 0 aliphatic heterocycles. The Kier molecular flexibility index (Phi) is 4.35. The average Bonchev–Trinajstić information content (AvgIpc) is 2.48. The van der Waals surface area contributed by atoms with E-state index in [9.17, 15) is 4.79 Å². The zero-order chi connectivity index (χ0) is 13.7. The Morgan fingerprint density at radius 3 is 2.68 bits per heavy atom. The zero-order valence-electron chi connectivity index (χ0n) is 11.1. The fourth-order valence-electron chi connectivity index (χ4n) is 2.29. The number of allylic oxidation sites excluding steroid dienone is 2. The number of nitrogens with one attached hydrogen (secondary N) is 1. The van der Waals surface area contributed by atoms with Crippen LogP contribution in [-0.4, -0.2) is 5.91 Å². The van der Waals surface area contributed by atoms with E-state index < -0.39 is 0 Å². The summed E-state index contributed by atoms with van der Waals surface area (Å²) >= 11 is 0. The van der Waals surface area contributed by atoms with Gasteiger partial charge < -0.3 is 5.32 Å². The number of hydrogen-bond acceptors (Lipinski definition) is 2. The lowest BCUT2D eigenvalue weighted by Gasteiger charge is -2.21. The van der Waals surface area contributed by atoms with Crippen molar-refractivity contribution in [3.63, 3.8) is 0 Å². The Morgan fingerprint density at radius 2 is 2.11 bits per heavy atom. The summed E-state index contributed by atoms with van der Waals surface area (Å²) in [5, 5.41) is 11.8. The van der Waals surface area contributed by atoms with Crippen molar-refractivity contribution in [2.45, 2.75) is 32.2 Å². The van der Waals surface area contributed by atoms with E-state index in [1.165, 1.54) is 0 Å². The van der Waals surface area contributed by atoms with Gasteiger partial charge in [-0.25, -0.2) is 0 Å². The van der Waals surface area contributed by atoms with Crippen LogP contribution in [0.3, 0.4) is 0 Å². The van der Waals surface area contributed by atoms with E-state index in [2.05, 4.69) is 23.5 Å². The summed E-state index contributed by atoms with van der Waals surface area (Å²) in [7, 11) is 0. The summed E-state index contributed by atoms with van der Waals surface area (Å²) in [6, 6.07) is 9.41. The monoisotopic (exact) mass is 254 g/mol. The number of rotatable bonds is 3. The predicted octanol–water partition coefficient (Wildman–Crippen LogP) is 3.09. The summed E-state index contributed by atoms with van der Waals surface area (Å²) in [5.74, 6) is 0.229. The number of carbonyl (C=O) groups is 1. The van der Waals surface area contributed by atoms with Crippen molar-refractivity contribution in [2.75, 3.05) is 0 Å². The maximum atomic E-state index is 12.1. The molecule has 3 heteroatoms. The molecule has 0 heterocycles. The van der Waals surface area contributed by atoms with Crippen molar-refractivity contribution >= 4 is 5.91 Å². The van der Waals surface area contributed by atoms with Gasteiger partial charge in [-0.05, 0) is 43.9 Å². The van der Waals surface area contributed by atoms with Crippen LogP contribution in [0.4, 0.5) is 0 Å². The minimum atomic E-state index is -0.0221. The molecule has 0 saturated carbocycles. The van der Waals surface area contributed by atoms with Gasteiger partial charge in [0.25, 0.3) is 0 Å². The van der Waals surface area contributed by atoms with E-state index in [-0.39, 0.29) is 17.9 Å². The molecular formula is C16H18N2O. The summed E-state index contributed by atoms with van der Waals surface area (Å²) in [4.78, 5) is 12.1.